The summed E-state index contributed by atoms with van der Waals surface area (Å²) in [7, 11) is 0. The number of hydrogen-bond donors (Lipinski definition) is 2. The summed E-state index contributed by atoms with van der Waals surface area (Å²) >= 11 is 3.38. The molecular formula is C13H19BrN2O2. The van der Waals surface area contributed by atoms with Crippen LogP contribution in [0.25, 0.3) is 0 Å². The molecule has 0 aromatic carbocycles. The van der Waals surface area contributed by atoms with E-state index in [1.807, 2.05) is 0 Å². The van der Waals surface area contributed by atoms with Crippen molar-refractivity contribution in [2.75, 3.05) is 11.9 Å². The maximum atomic E-state index is 11.7. The standard InChI is InChI=1S/C13H19BrN2O2/c1-10-8-12(17)11(9-16-10)13(18)15-7-5-3-2-4-6-14/h8-9H,2-7H2,1H3,(H,15,18)(H,16,17). The summed E-state index contributed by atoms with van der Waals surface area (Å²) in [4.78, 5) is 26.2. The van der Waals surface area contributed by atoms with Crippen molar-refractivity contribution in [3.05, 3.63) is 33.7 Å². The molecule has 0 aliphatic rings. The molecule has 1 heterocycles. The van der Waals surface area contributed by atoms with E-state index in [0.717, 1.165) is 36.7 Å². The second kappa shape index (κ2) is 8.08. The van der Waals surface area contributed by atoms with Crippen molar-refractivity contribution < 1.29 is 4.79 Å². The highest BCUT2D eigenvalue weighted by molar-refractivity contribution is 9.09. The normalized spacial score (nSPS) is 10.3. The Hall–Kier alpha value is -1.10. The monoisotopic (exact) mass is 314 g/mol. The van der Waals surface area contributed by atoms with E-state index in [4.69, 9.17) is 0 Å². The molecule has 0 aliphatic heterocycles. The first-order valence-electron chi connectivity index (χ1n) is 6.18. The summed E-state index contributed by atoms with van der Waals surface area (Å²) in [5, 5.41) is 3.79. The van der Waals surface area contributed by atoms with Crippen LogP contribution >= 0.6 is 15.9 Å². The molecular weight excluding hydrogens is 296 g/mol. The van der Waals surface area contributed by atoms with Gasteiger partial charge in [-0.1, -0.05) is 28.8 Å². The molecule has 1 aromatic heterocycles. The van der Waals surface area contributed by atoms with Crippen LogP contribution in [0.2, 0.25) is 0 Å². The van der Waals surface area contributed by atoms with Gasteiger partial charge in [-0.05, 0) is 19.8 Å². The molecule has 2 N–H and O–H groups in total. The molecule has 0 bridgehead atoms. The second-order valence-electron chi connectivity index (χ2n) is 4.25. The van der Waals surface area contributed by atoms with Crippen LogP contribution in [0.15, 0.2) is 17.1 Å². The Bertz CT molecular complexity index is 443. The van der Waals surface area contributed by atoms with Crippen LogP contribution in [0.3, 0.4) is 0 Å². The fourth-order valence-corrected chi connectivity index (χ4v) is 2.02. The summed E-state index contributed by atoms with van der Waals surface area (Å²) in [5.41, 5.74) is 0.704. The molecule has 4 nitrogen and oxygen atoms in total. The van der Waals surface area contributed by atoms with Gasteiger partial charge in [-0.25, -0.2) is 0 Å². The molecule has 5 heteroatoms. The summed E-state index contributed by atoms with van der Waals surface area (Å²) in [6, 6.07) is 1.44. The van der Waals surface area contributed by atoms with E-state index in [2.05, 4.69) is 26.2 Å². The van der Waals surface area contributed by atoms with Crippen LogP contribution in [0.4, 0.5) is 0 Å². The Kier molecular flexibility index (Phi) is 6.72. The van der Waals surface area contributed by atoms with E-state index >= 15 is 0 Å². The smallest absolute Gasteiger partial charge is 0.256 e. The number of hydrogen-bond acceptors (Lipinski definition) is 2. The number of alkyl halides is 1. The Labute approximate surface area is 115 Å². The molecule has 0 saturated carbocycles. The Morgan fingerprint density at radius 2 is 2.06 bits per heavy atom. The van der Waals surface area contributed by atoms with E-state index in [1.165, 1.54) is 12.3 Å². The van der Waals surface area contributed by atoms with Crippen LogP contribution in [-0.2, 0) is 0 Å². The van der Waals surface area contributed by atoms with Gasteiger partial charge in [-0.15, -0.1) is 0 Å². The van der Waals surface area contributed by atoms with Gasteiger partial charge in [-0.3, -0.25) is 9.59 Å². The Morgan fingerprint density at radius 3 is 2.72 bits per heavy atom. The maximum absolute atomic E-state index is 11.7. The number of pyridine rings is 1. The third-order valence-electron chi connectivity index (χ3n) is 2.65. The summed E-state index contributed by atoms with van der Waals surface area (Å²) < 4.78 is 0. The van der Waals surface area contributed by atoms with Crippen LogP contribution < -0.4 is 10.7 Å². The molecule has 0 aliphatic carbocycles. The van der Waals surface area contributed by atoms with Gasteiger partial charge in [0.25, 0.3) is 5.91 Å². The first-order valence-corrected chi connectivity index (χ1v) is 7.31. The Morgan fingerprint density at radius 1 is 1.33 bits per heavy atom. The number of aromatic amines is 1. The molecule has 1 amide bonds. The topological polar surface area (TPSA) is 62.0 Å². The molecule has 100 valence electrons. The van der Waals surface area contributed by atoms with Gasteiger partial charge in [0.05, 0.1) is 0 Å². The molecule has 0 unspecified atom stereocenters. The van der Waals surface area contributed by atoms with Gasteiger partial charge in [0.1, 0.15) is 5.56 Å². The third-order valence-corrected chi connectivity index (χ3v) is 3.21. The quantitative estimate of drug-likeness (QED) is 0.599. The average Bonchev–Trinajstić information content (AvgIpc) is 2.33. The largest absolute Gasteiger partial charge is 0.364 e. The summed E-state index contributed by atoms with van der Waals surface area (Å²) in [6.45, 7) is 2.40. The fraction of sp³-hybridized carbons (Fsp3) is 0.538. The molecule has 18 heavy (non-hydrogen) atoms. The van der Waals surface area contributed by atoms with Crippen LogP contribution in [-0.4, -0.2) is 22.8 Å². The number of amides is 1. The lowest BCUT2D eigenvalue weighted by Gasteiger charge is -2.04. The van der Waals surface area contributed by atoms with Crippen LogP contribution in [0.5, 0.6) is 0 Å². The minimum Gasteiger partial charge on any atom is -0.364 e. The number of aromatic nitrogens is 1. The number of rotatable bonds is 7. The van der Waals surface area contributed by atoms with Gasteiger partial charge in [0.15, 0.2) is 5.43 Å². The van der Waals surface area contributed by atoms with Gasteiger partial charge in [0.2, 0.25) is 0 Å². The van der Waals surface area contributed by atoms with Crippen molar-refractivity contribution in [3.8, 4) is 0 Å². The first kappa shape index (κ1) is 15.0. The first-order chi connectivity index (χ1) is 8.65. The van der Waals surface area contributed by atoms with Gasteiger partial charge in [-0.2, -0.15) is 0 Å². The minimum atomic E-state index is -0.295. The number of carbonyl (C=O) groups is 1. The second-order valence-corrected chi connectivity index (χ2v) is 5.05. The van der Waals surface area contributed by atoms with Crippen molar-refractivity contribution in [3.63, 3.8) is 0 Å². The number of nitrogens with one attached hydrogen (secondary N) is 2. The minimum absolute atomic E-state index is 0.182. The fourth-order valence-electron chi connectivity index (χ4n) is 1.62. The van der Waals surface area contributed by atoms with E-state index < -0.39 is 0 Å². The lowest BCUT2D eigenvalue weighted by atomic mass is 10.2. The molecule has 0 saturated heterocycles. The van der Waals surface area contributed by atoms with E-state index in [0.29, 0.717) is 6.54 Å². The number of unbranched alkanes of at least 4 members (excludes halogenated alkanes) is 3. The zero-order chi connectivity index (χ0) is 13.4. The lowest BCUT2D eigenvalue weighted by Crippen LogP contribution is -2.29. The third kappa shape index (κ3) is 5.04. The molecule has 0 spiro atoms. The molecule has 0 fully saturated rings. The highest BCUT2D eigenvalue weighted by Crippen LogP contribution is 2.01. The van der Waals surface area contributed by atoms with Crippen molar-refractivity contribution >= 4 is 21.8 Å². The molecule has 1 aromatic rings. The number of carbonyl (C=O) groups excluding carboxylic acids is 1. The predicted octanol–water partition coefficient (Wildman–Crippen LogP) is 2.37. The van der Waals surface area contributed by atoms with E-state index in [-0.39, 0.29) is 16.9 Å². The molecule has 1 rings (SSSR count). The van der Waals surface area contributed by atoms with Crippen molar-refractivity contribution in [1.82, 2.24) is 10.3 Å². The lowest BCUT2D eigenvalue weighted by molar-refractivity contribution is 0.0951. The Balaban J connectivity index is 2.34. The predicted molar refractivity (Wildman–Crippen MR) is 76.4 cm³/mol. The van der Waals surface area contributed by atoms with Gasteiger partial charge in [0, 0.05) is 29.8 Å². The maximum Gasteiger partial charge on any atom is 0.256 e. The summed E-state index contributed by atoms with van der Waals surface area (Å²) in [5.74, 6) is -0.295. The number of H-pyrrole nitrogens is 1. The zero-order valence-corrected chi connectivity index (χ0v) is 12.2. The number of aryl methyl sites for hydroxylation is 1. The van der Waals surface area contributed by atoms with Gasteiger partial charge >= 0.3 is 0 Å². The van der Waals surface area contributed by atoms with Crippen molar-refractivity contribution in [1.29, 1.82) is 0 Å². The van der Waals surface area contributed by atoms with E-state index in [1.54, 1.807) is 6.92 Å². The highest BCUT2D eigenvalue weighted by Gasteiger charge is 2.08. The van der Waals surface area contributed by atoms with Crippen LogP contribution in [0, 0.1) is 6.92 Å². The number of halogens is 1. The van der Waals surface area contributed by atoms with Gasteiger partial charge < -0.3 is 10.3 Å². The molecule has 0 radical (unpaired) electrons. The molecule has 0 atom stereocenters. The van der Waals surface area contributed by atoms with Crippen LogP contribution in [0.1, 0.15) is 41.7 Å². The van der Waals surface area contributed by atoms with Crippen molar-refractivity contribution in [2.45, 2.75) is 32.6 Å². The SMILES string of the molecule is Cc1cc(=O)c(C(=O)NCCCCCCBr)c[nH]1. The van der Waals surface area contributed by atoms with E-state index in [9.17, 15) is 9.59 Å². The summed E-state index contributed by atoms with van der Waals surface area (Å²) in [6.07, 6.45) is 5.83. The van der Waals surface area contributed by atoms with Crippen molar-refractivity contribution in [2.24, 2.45) is 0 Å². The average molecular weight is 315 g/mol. The zero-order valence-electron chi connectivity index (χ0n) is 10.6. The highest BCUT2D eigenvalue weighted by atomic mass is 79.9.